The minimum absolute atomic E-state index is 0.0187. The van der Waals surface area contributed by atoms with Gasteiger partial charge in [0.15, 0.2) is 0 Å². The van der Waals surface area contributed by atoms with Gasteiger partial charge in [-0.1, -0.05) is 194 Å². The lowest BCUT2D eigenvalue weighted by molar-refractivity contribution is 1.14. The molecule has 2 heteroatoms. The third-order valence-corrected chi connectivity index (χ3v) is 10.7. The van der Waals surface area contributed by atoms with Crippen LogP contribution in [-0.4, -0.2) is 9.13 Å². The average molecular weight is 723 g/mol. The zero-order valence-corrected chi connectivity index (χ0v) is 29.9. The van der Waals surface area contributed by atoms with Gasteiger partial charge in [-0.3, -0.25) is 0 Å². The van der Waals surface area contributed by atoms with Crippen molar-refractivity contribution in [3.63, 3.8) is 0 Å². The molecule has 0 N–H and O–H groups in total. The van der Waals surface area contributed by atoms with Crippen molar-refractivity contribution in [2.75, 3.05) is 0 Å². The van der Waals surface area contributed by atoms with Gasteiger partial charge in [-0.2, -0.15) is 0 Å². The van der Waals surface area contributed by atoms with Crippen molar-refractivity contribution in [3.8, 4) is 56.1 Å². The molecular weight excluding hydrogens is 677 g/mol. The van der Waals surface area contributed by atoms with E-state index in [4.69, 9.17) is 8.22 Å². The topological polar surface area (TPSA) is 9.86 Å². The standard InChI is InChI=1S/C54H36N2/c1-7-19-37(20-8-1)49-47-35-31-43-44-32-36-48-50(38-21-9-2-10-22-38)52(40-25-13-4-14-26-40)56(42-29-17-6-18-30-42)54(48)46(44)34-33-45(43)53(47)55(41-27-15-5-16-28-41)51(49)39-23-11-3-12-24-39/h1-36H/i5D,6D,15D,16D,17D,18D,27D,28D,29D,30D. The number of hydrogen-bond donors (Lipinski definition) is 0. The van der Waals surface area contributed by atoms with E-state index in [-0.39, 0.29) is 35.5 Å². The minimum Gasteiger partial charge on any atom is -0.308 e. The molecule has 11 rings (SSSR count). The normalized spacial score (nSPS) is 14.1. The van der Waals surface area contributed by atoms with Crippen molar-refractivity contribution in [1.29, 1.82) is 0 Å². The summed E-state index contributed by atoms with van der Waals surface area (Å²) in [6.45, 7) is 0. The summed E-state index contributed by atoms with van der Waals surface area (Å²) in [6.07, 6.45) is 0. The molecule has 0 aliphatic carbocycles. The summed E-state index contributed by atoms with van der Waals surface area (Å²) < 4.78 is 93.2. The molecule has 2 nitrogen and oxygen atoms in total. The number of aromatic nitrogens is 2. The van der Waals surface area contributed by atoms with Crippen LogP contribution < -0.4 is 0 Å². The summed E-state index contributed by atoms with van der Waals surface area (Å²) in [5.41, 5.74) is 7.63. The molecule has 0 amide bonds. The van der Waals surface area contributed by atoms with Gasteiger partial charge < -0.3 is 9.13 Å². The molecule has 0 bridgehead atoms. The van der Waals surface area contributed by atoms with Crippen molar-refractivity contribution in [1.82, 2.24) is 9.13 Å². The highest BCUT2D eigenvalue weighted by molar-refractivity contribution is 6.26. The molecule has 0 atom stereocenters. The lowest BCUT2D eigenvalue weighted by Crippen LogP contribution is -1.98. The molecule has 56 heavy (non-hydrogen) atoms. The summed E-state index contributed by atoms with van der Waals surface area (Å²) in [6, 6.07) is 47.1. The molecule has 0 aliphatic heterocycles. The molecule has 0 saturated heterocycles. The molecule has 9 aromatic carbocycles. The molecule has 0 aliphatic rings. The van der Waals surface area contributed by atoms with Crippen LogP contribution in [0.4, 0.5) is 0 Å². The van der Waals surface area contributed by atoms with Gasteiger partial charge in [-0.25, -0.2) is 0 Å². The summed E-state index contributed by atoms with van der Waals surface area (Å²) in [4.78, 5) is 0. The molecule has 0 unspecified atom stereocenters. The molecule has 2 aromatic heterocycles. The number of benzene rings is 9. The van der Waals surface area contributed by atoms with Gasteiger partial charge in [0.25, 0.3) is 0 Å². The maximum Gasteiger partial charge on any atom is 0.0645 e. The van der Waals surface area contributed by atoms with Crippen molar-refractivity contribution in [2.45, 2.75) is 0 Å². The average Bonchev–Trinajstić information content (AvgIpc) is 3.89. The van der Waals surface area contributed by atoms with Gasteiger partial charge in [-0.15, -0.1) is 0 Å². The quantitative estimate of drug-likeness (QED) is 0.151. The maximum atomic E-state index is 9.33. The maximum absolute atomic E-state index is 9.33. The lowest BCUT2D eigenvalue weighted by Gasteiger charge is -2.15. The zero-order valence-electron chi connectivity index (χ0n) is 39.9. The Kier molecular flexibility index (Phi) is 5.49. The second-order valence-electron chi connectivity index (χ2n) is 13.7. The lowest BCUT2D eigenvalue weighted by atomic mass is 9.94. The molecule has 262 valence electrons. The molecule has 2 heterocycles. The fourth-order valence-electron chi connectivity index (χ4n) is 8.47. The van der Waals surface area contributed by atoms with Gasteiger partial charge >= 0.3 is 0 Å². The van der Waals surface area contributed by atoms with E-state index in [0.29, 0.717) is 22.4 Å². The Morgan fingerprint density at radius 3 is 0.946 bits per heavy atom. The van der Waals surface area contributed by atoms with Crippen LogP contribution in [0.15, 0.2) is 218 Å². The van der Waals surface area contributed by atoms with E-state index in [1.165, 1.54) is 0 Å². The van der Waals surface area contributed by atoms with Gasteiger partial charge in [0.1, 0.15) is 0 Å². The van der Waals surface area contributed by atoms with Crippen LogP contribution in [-0.2, 0) is 0 Å². The number of para-hydroxylation sites is 2. The highest BCUT2D eigenvalue weighted by Gasteiger charge is 2.26. The van der Waals surface area contributed by atoms with Gasteiger partial charge in [0, 0.05) is 44.0 Å². The molecule has 0 fully saturated rings. The van der Waals surface area contributed by atoms with E-state index in [0.717, 1.165) is 65.7 Å². The fourth-order valence-corrected chi connectivity index (χ4v) is 8.47. The van der Waals surface area contributed by atoms with Crippen LogP contribution in [0.1, 0.15) is 13.7 Å². The van der Waals surface area contributed by atoms with Crippen LogP contribution in [0.3, 0.4) is 0 Å². The molecule has 11 aromatic rings. The number of hydrogen-bond acceptors (Lipinski definition) is 0. The predicted molar refractivity (Wildman–Crippen MR) is 237 cm³/mol. The number of rotatable bonds is 6. The Labute approximate surface area is 339 Å². The number of fused-ring (bicyclic) bond motifs is 7. The van der Waals surface area contributed by atoms with Crippen LogP contribution in [0, 0.1) is 0 Å². The highest BCUT2D eigenvalue weighted by atomic mass is 15.0. The summed E-state index contributed by atoms with van der Waals surface area (Å²) in [5.74, 6) is 0. The second kappa shape index (κ2) is 13.2. The SMILES string of the molecule is [2H]c1c([2H])c([2H])c(-n2c(-c3ccccc3)c(-c3ccccc3)c3ccc4c5ccc6c(-c7ccccc7)c(-c7ccccc7)n(-c7c([2H])c([2H])c([2H])c([2H])c7[2H])c6c5ccc4c32)c([2H])c1[2H]. The minimum atomic E-state index is -0.485. The molecule has 0 saturated carbocycles. The first-order valence-electron chi connectivity index (χ1n) is 23.5. The summed E-state index contributed by atoms with van der Waals surface area (Å²) in [7, 11) is 0. The monoisotopic (exact) mass is 722 g/mol. The summed E-state index contributed by atoms with van der Waals surface area (Å²) in [5, 5.41) is 4.70. The molecule has 0 radical (unpaired) electrons. The Bertz CT molecular complexity index is 3480. The molecule has 0 spiro atoms. The summed E-state index contributed by atoms with van der Waals surface area (Å²) >= 11 is 0. The third kappa shape index (κ3) is 4.97. The van der Waals surface area contributed by atoms with Crippen LogP contribution >= 0.6 is 0 Å². The third-order valence-electron chi connectivity index (χ3n) is 10.7. The zero-order chi connectivity index (χ0) is 45.7. The van der Waals surface area contributed by atoms with Crippen LogP contribution in [0.25, 0.3) is 99.5 Å². The van der Waals surface area contributed by atoms with Crippen molar-refractivity contribution < 1.29 is 13.7 Å². The van der Waals surface area contributed by atoms with E-state index < -0.39 is 36.3 Å². The second-order valence-corrected chi connectivity index (χ2v) is 13.7. The van der Waals surface area contributed by atoms with Crippen molar-refractivity contribution in [3.05, 3.63) is 218 Å². The van der Waals surface area contributed by atoms with E-state index in [1.807, 2.05) is 167 Å². The fraction of sp³-hybridized carbons (Fsp3) is 0. The Morgan fingerprint density at radius 2 is 0.589 bits per heavy atom. The van der Waals surface area contributed by atoms with E-state index >= 15 is 0 Å². The number of nitrogens with zero attached hydrogens (tertiary/aromatic N) is 2. The largest absolute Gasteiger partial charge is 0.308 e. The predicted octanol–water partition coefficient (Wildman–Crippen LogP) is 14.5. The van der Waals surface area contributed by atoms with E-state index in [2.05, 4.69) is 0 Å². The Morgan fingerprint density at radius 1 is 0.286 bits per heavy atom. The van der Waals surface area contributed by atoms with Gasteiger partial charge in [0.2, 0.25) is 0 Å². The molecular formula is C54H36N2. The first-order valence-corrected chi connectivity index (χ1v) is 18.5. The smallest absolute Gasteiger partial charge is 0.0645 e. The van der Waals surface area contributed by atoms with Gasteiger partial charge in [0.05, 0.1) is 36.1 Å². The Balaban J connectivity index is 1.36. The Hall–Kier alpha value is -7.42. The van der Waals surface area contributed by atoms with E-state index in [9.17, 15) is 5.48 Å². The van der Waals surface area contributed by atoms with E-state index in [1.54, 1.807) is 0 Å². The van der Waals surface area contributed by atoms with Crippen molar-refractivity contribution in [2.24, 2.45) is 0 Å². The van der Waals surface area contributed by atoms with Gasteiger partial charge in [-0.05, 0) is 57.2 Å². The van der Waals surface area contributed by atoms with Crippen LogP contribution in [0.5, 0.6) is 0 Å². The van der Waals surface area contributed by atoms with Crippen LogP contribution in [0.2, 0.25) is 0 Å². The first-order chi connectivity index (χ1) is 32.0. The van der Waals surface area contributed by atoms with Crippen molar-refractivity contribution >= 4 is 43.4 Å². The highest BCUT2D eigenvalue weighted by Crippen LogP contribution is 2.49. The first kappa shape index (κ1) is 23.4.